The van der Waals surface area contributed by atoms with Crippen LogP contribution in [0.4, 0.5) is 0 Å². The van der Waals surface area contributed by atoms with E-state index in [1.54, 1.807) is 0 Å². The van der Waals surface area contributed by atoms with Crippen LogP contribution in [0.1, 0.15) is 22.7 Å². The normalized spacial score (nSPS) is 12.5. The monoisotopic (exact) mass is 445 g/mol. The van der Waals surface area contributed by atoms with Crippen molar-refractivity contribution < 1.29 is 0 Å². The minimum Gasteiger partial charge on any atom is -0.309 e. The summed E-state index contributed by atoms with van der Waals surface area (Å²) in [7, 11) is 1.98. The molecule has 0 heterocycles. The van der Waals surface area contributed by atoms with Crippen LogP contribution in [0.25, 0.3) is 0 Å². The number of halogens is 3. The lowest BCUT2D eigenvalue weighted by atomic mass is 9.97. The van der Waals surface area contributed by atoms with Gasteiger partial charge in [0, 0.05) is 13.4 Å². The largest absolute Gasteiger partial charge is 0.309 e. The first-order valence-corrected chi connectivity index (χ1v) is 8.29. The lowest BCUT2D eigenvalue weighted by Crippen LogP contribution is -2.19. The molecule has 0 saturated heterocycles. The van der Waals surface area contributed by atoms with Crippen LogP contribution in [0.3, 0.4) is 0 Å². The third kappa shape index (κ3) is 3.30. The maximum atomic E-state index is 3.69. The van der Waals surface area contributed by atoms with Gasteiger partial charge in [-0.15, -0.1) is 0 Å². The topological polar surface area (TPSA) is 12.0 Å². The summed E-state index contributed by atoms with van der Waals surface area (Å²) >= 11 is 10.9. The van der Waals surface area contributed by atoms with Crippen LogP contribution in [0.2, 0.25) is 0 Å². The van der Waals surface area contributed by atoms with Gasteiger partial charge in [-0.1, -0.05) is 66.0 Å². The number of aryl methyl sites for hydroxylation is 1. The Morgan fingerprint density at radius 3 is 2.42 bits per heavy atom. The van der Waals surface area contributed by atoms with Crippen molar-refractivity contribution in [3.63, 3.8) is 0 Å². The summed E-state index contributed by atoms with van der Waals surface area (Å²) in [5, 5.41) is 3.39. The smallest absolute Gasteiger partial charge is 0.0597 e. The molecular formula is C15H14Br3N. The second kappa shape index (κ2) is 6.53. The van der Waals surface area contributed by atoms with E-state index in [1.165, 1.54) is 16.7 Å². The third-order valence-corrected chi connectivity index (χ3v) is 5.39. The average molecular weight is 448 g/mol. The van der Waals surface area contributed by atoms with Crippen LogP contribution in [0.15, 0.2) is 49.8 Å². The molecule has 1 unspecified atom stereocenters. The molecule has 0 aromatic heterocycles. The van der Waals surface area contributed by atoms with Gasteiger partial charge in [-0.3, -0.25) is 0 Å². The Hall–Kier alpha value is -0.160. The second-order valence-electron chi connectivity index (χ2n) is 4.37. The van der Waals surface area contributed by atoms with E-state index in [9.17, 15) is 0 Å². The zero-order chi connectivity index (χ0) is 14.0. The van der Waals surface area contributed by atoms with E-state index in [0.717, 1.165) is 13.4 Å². The van der Waals surface area contributed by atoms with Crippen molar-refractivity contribution in [3.8, 4) is 0 Å². The lowest BCUT2D eigenvalue weighted by Gasteiger charge is -2.21. The third-order valence-electron chi connectivity index (χ3n) is 3.09. The van der Waals surface area contributed by atoms with Gasteiger partial charge in [0.2, 0.25) is 0 Å². The zero-order valence-electron chi connectivity index (χ0n) is 10.7. The molecular weight excluding hydrogens is 434 g/mol. The second-order valence-corrected chi connectivity index (χ2v) is 6.93. The molecule has 100 valence electrons. The number of hydrogen-bond acceptors (Lipinski definition) is 1. The lowest BCUT2D eigenvalue weighted by molar-refractivity contribution is 0.685. The Labute approximate surface area is 139 Å². The van der Waals surface area contributed by atoms with Crippen molar-refractivity contribution in [2.24, 2.45) is 0 Å². The molecule has 2 aromatic rings. The summed E-state index contributed by atoms with van der Waals surface area (Å²) in [5.74, 6) is 0. The van der Waals surface area contributed by atoms with Crippen molar-refractivity contribution in [1.82, 2.24) is 5.32 Å². The maximum Gasteiger partial charge on any atom is 0.0597 e. The molecule has 1 atom stereocenters. The Morgan fingerprint density at radius 1 is 1.00 bits per heavy atom. The van der Waals surface area contributed by atoms with Crippen molar-refractivity contribution in [1.29, 1.82) is 0 Å². The fraction of sp³-hybridized carbons (Fsp3) is 0.200. The molecule has 4 heteroatoms. The first-order chi connectivity index (χ1) is 9.04. The highest BCUT2D eigenvalue weighted by Gasteiger charge is 2.18. The highest BCUT2D eigenvalue weighted by molar-refractivity contribution is 9.11. The molecule has 0 aliphatic rings. The van der Waals surface area contributed by atoms with Gasteiger partial charge in [-0.25, -0.2) is 0 Å². The summed E-state index contributed by atoms with van der Waals surface area (Å²) in [6.45, 7) is 2.11. The SMILES string of the molecule is CNC(c1cc(Br)ccc1Br)c1cccc(C)c1Br. The quantitative estimate of drug-likeness (QED) is 0.646. The summed E-state index contributed by atoms with van der Waals surface area (Å²) < 4.78 is 3.33. The van der Waals surface area contributed by atoms with Crippen LogP contribution in [0, 0.1) is 6.92 Å². The van der Waals surface area contributed by atoms with E-state index in [4.69, 9.17) is 0 Å². The molecule has 1 N–H and O–H groups in total. The van der Waals surface area contributed by atoms with Crippen LogP contribution in [-0.2, 0) is 0 Å². The van der Waals surface area contributed by atoms with Gasteiger partial charge < -0.3 is 5.32 Å². The molecule has 0 amide bonds. The Balaban J connectivity index is 2.56. The standard InChI is InChI=1S/C15H14Br3N/c1-9-4-3-5-11(14(9)18)15(19-2)12-8-10(16)6-7-13(12)17/h3-8,15,19H,1-2H3. The van der Waals surface area contributed by atoms with Gasteiger partial charge >= 0.3 is 0 Å². The fourth-order valence-electron chi connectivity index (χ4n) is 2.11. The molecule has 2 aromatic carbocycles. The minimum absolute atomic E-state index is 0.140. The van der Waals surface area contributed by atoms with Gasteiger partial charge in [0.25, 0.3) is 0 Å². The van der Waals surface area contributed by atoms with Crippen molar-refractivity contribution in [2.45, 2.75) is 13.0 Å². The highest BCUT2D eigenvalue weighted by Crippen LogP contribution is 2.35. The van der Waals surface area contributed by atoms with Crippen LogP contribution in [0.5, 0.6) is 0 Å². The maximum absolute atomic E-state index is 3.69. The van der Waals surface area contributed by atoms with Gasteiger partial charge in [0.15, 0.2) is 0 Å². The summed E-state index contributed by atoms with van der Waals surface area (Å²) in [6, 6.07) is 12.7. The summed E-state index contributed by atoms with van der Waals surface area (Å²) in [4.78, 5) is 0. The van der Waals surface area contributed by atoms with Crippen LogP contribution < -0.4 is 5.32 Å². The molecule has 0 fully saturated rings. The summed E-state index contributed by atoms with van der Waals surface area (Å²) in [6.07, 6.45) is 0. The van der Waals surface area contributed by atoms with E-state index >= 15 is 0 Å². The van der Waals surface area contributed by atoms with Gasteiger partial charge in [-0.2, -0.15) is 0 Å². The Bertz CT molecular complexity index is 594. The van der Waals surface area contributed by atoms with Crippen molar-refractivity contribution in [3.05, 3.63) is 66.5 Å². The highest BCUT2D eigenvalue weighted by atomic mass is 79.9. The first-order valence-electron chi connectivity index (χ1n) is 5.92. The molecule has 0 bridgehead atoms. The van der Waals surface area contributed by atoms with Crippen LogP contribution in [-0.4, -0.2) is 7.05 Å². The van der Waals surface area contributed by atoms with E-state index in [0.29, 0.717) is 0 Å². The predicted molar refractivity (Wildman–Crippen MR) is 91.6 cm³/mol. The van der Waals surface area contributed by atoms with E-state index in [1.807, 2.05) is 13.1 Å². The molecule has 0 aliphatic heterocycles. The molecule has 0 spiro atoms. The van der Waals surface area contributed by atoms with Crippen LogP contribution >= 0.6 is 47.8 Å². The average Bonchev–Trinajstić information content (AvgIpc) is 2.39. The van der Waals surface area contributed by atoms with E-state index < -0.39 is 0 Å². The Kier molecular flexibility index (Phi) is 5.23. The minimum atomic E-state index is 0.140. The van der Waals surface area contributed by atoms with Gasteiger partial charge in [0.05, 0.1) is 6.04 Å². The molecule has 0 radical (unpaired) electrons. The molecule has 2 rings (SSSR count). The molecule has 0 aliphatic carbocycles. The van der Waals surface area contributed by atoms with Crippen molar-refractivity contribution in [2.75, 3.05) is 7.05 Å². The number of rotatable bonds is 3. The Morgan fingerprint density at radius 2 is 1.74 bits per heavy atom. The number of hydrogen-bond donors (Lipinski definition) is 1. The first kappa shape index (κ1) is 15.2. The fourth-order valence-corrected chi connectivity index (χ4v) is 3.46. The van der Waals surface area contributed by atoms with E-state index in [-0.39, 0.29) is 6.04 Å². The molecule has 19 heavy (non-hydrogen) atoms. The number of benzene rings is 2. The predicted octanol–water partition coefficient (Wildman–Crippen LogP) is 5.59. The molecule has 0 saturated carbocycles. The molecule has 1 nitrogen and oxygen atoms in total. The number of nitrogens with one attached hydrogen (secondary N) is 1. The van der Waals surface area contributed by atoms with Gasteiger partial charge in [0.1, 0.15) is 0 Å². The van der Waals surface area contributed by atoms with E-state index in [2.05, 4.69) is 90.4 Å². The zero-order valence-corrected chi connectivity index (χ0v) is 15.4. The van der Waals surface area contributed by atoms with Crippen molar-refractivity contribution >= 4 is 47.8 Å². The summed E-state index contributed by atoms with van der Waals surface area (Å²) in [5.41, 5.74) is 3.69. The van der Waals surface area contributed by atoms with Gasteiger partial charge in [-0.05, 0) is 48.9 Å².